The molecule has 0 aromatic carbocycles. The summed E-state index contributed by atoms with van der Waals surface area (Å²) in [6.45, 7) is 0. The van der Waals surface area contributed by atoms with Gasteiger partial charge in [-0.15, -0.1) is 0 Å². The number of hydrogen-bond donors (Lipinski definition) is 0. The van der Waals surface area contributed by atoms with Crippen LogP contribution in [-0.2, 0) is 11.6 Å². The summed E-state index contributed by atoms with van der Waals surface area (Å²) in [4.78, 5) is 0. The van der Waals surface area contributed by atoms with Crippen LogP contribution in [-0.4, -0.2) is 8.42 Å². The van der Waals surface area contributed by atoms with Gasteiger partial charge in [0, 0.05) is 0 Å². The number of nitrogens with zero attached hydrogens (tertiary/aromatic N) is 2. The number of rotatable bonds is 0. The van der Waals surface area contributed by atoms with Crippen molar-refractivity contribution in [3.05, 3.63) is 0 Å². The van der Waals surface area contributed by atoms with E-state index in [1.165, 1.54) is 12.1 Å². The van der Waals surface area contributed by atoms with Crippen molar-refractivity contribution in [2.45, 2.75) is 0 Å². The predicted octanol–water partition coefficient (Wildman–Crippen LogP) is -0.637. The number of hydrogen-bond acceptors (Lipinski definition) is 4. The van der Waals surface area contributed by atoms with Crippen LogP contribution in [0.15, 0.2) is 0 Å². The zero-order valence-electron chi connectivity index (χ0n) is 3.12. The summed E-state index contributed by atoms with van der Waals surface area (Å²) in [6, 6.07) is 2.47. The fourth-order valence-corrected chi connectivity index (χ4v) is 0. The molecular weight excluding hydrogens is 116 g/mol. The molecule has 0 saturated heterocycles. The first-order valence-electron chi connectivity index (χ1n) is 1.03. The van der Waals surface area contributed by atoms with Gasteiger partial charge in [-0.25, -0.2) is 0 Å². The van der Waals surface area contributed by atoms with E-state index in [9.17, 15) is 0 Å². The minimum atomic E-state index is -0.750. The van der Waals surface area contributed by atoms with Crippen LogP contribution in [0.5, 0.6) is 0 Å². The lowest BCUT2D eigenvalue weighted by Crippen LogP contribution is -1.26. The van der Waals surface area contributed by atoms with E-state index < -0.39 is 11.6 Å². The van der Waals surface area contributed by atoms with Crippen molar-refractivity contribution < 1.29 is 8.42 Å². The molecule has 0 aromatic rings. The Hall–Kier alpha value is -1.20. The van der Waals surface area contributed by atoms with Gasteiger partial charge in [-0.05, 0) is 0 Å². The summed E-state index contributed by atoms with van der Waals surface area (Å²) in [5, 5.41) is 14.5. The van der Waals surface area contributed by atoms with E-state index in [4.69, 9.17) is 18.9 Å². The largest absolute Gasteiger partial charge is 0.335 e. The van der Waals surface area contributed by atoms with Crippen LogP contribution < -0.4 is 0 Å². The Morgan fingerprint density at radius 3 is 1.29 bits per heavy atom. The van der Waals surface area contributed by atoms with E-state index in [2.05, 4.69) is 0 Å². The van der Waals surface area contributed by atoms with E-state index >= 15 is 0 Å². The minimum absolute atomic E-state index is 0.750. The lowest BCUT2D eigenvalue weighted by molar-refractivity contribution is 0.630. The van der Waals surface area contributed by atoms with Gasteiger partial charge in [0.2, 0.25) is 0 Å². The molecule has 0 aromatic heterocycles. The molecule has 0 heterocycles. The maximum atomic E-state index is 8.29. The molecule has 0 unspecified atom stereocenters. The molecule has 36 valence electrons. The fraction of sp³-hybridized carbons (Fsp3) is 0. The molecule has 5 heteroatoms. The van der Waals surface area contributed by atoms with Crippen molar-refractivity contribution in [3.63, 3.8) is 0 Å². The standard InChI is InChI=1S/C2N2.O2S/c3-1-2-4;1-3-2. The van der Waals surface area contributed by atoms with Gasteiger partial charge in [0.15, 0.2) is 12.1 Å². The quantitative estimate of drug-likeness (QED) is 0.421. The average Bonchev–Trinajstić information content (AvgIpc) is 1.69. The molecular formula is C2N2O2S. The molecule has 0 aliphatic heterocycles. The first kappa shape index (κ1) is 9.25. The smallest absolute Gasteiger partial charge is 0.181 e. The van der Waals surface area contributed by atoms with E-state index in [-0.39, 0.29) is 0 Å². The molecule has 0 bridgehead atoms. The topological polar surface area (TPSA) is 81.7 Å². The zero-order valence-corrected chi connectivity index (χ0v) is 3.94. The van der Waals surface area contributed by atoms with Gasteiger partial charge >= 0.3 is 11.6 Å². The molecule has 0 aliphatic rings. The molecule has 0 spiro atoms. The van der Waals surface area contributed by atoms with Gasteiger partial charge < -0.3 is 0 Å². The highest BCUT2D eigenvalue weighted by Crippen LogP contribution is 1.27. The molecule has 4 nitrogen and oxygen atoms in total. The van der Waals surface area contributed by atoms with Gasteiger partial charge in [0.1, 0.15) is 0 Å². The van der Waals surface area contributed by atoms with E-state index in [0.717, 1.165) is 0 Å². The van der Waals surface area contributed by atoms with Gasteiger partial charge in [-0.1, -0.05) is 0 Å². The van der Waals surface area contributed by atoms with E-state index in [1.54, 1.807) is 0 Å². The molecule has 0 amide bonds. The molecule has 7 heavy (non-hydrogen) atoms. The highest BCUT2D eigenvalue weighted by atomic mass is 32.1. The highest BCUT2D eigenvalue weighted by molar-refractivity contribution is 7.51. The first-order chi connectivity index (χ1) is 3.33. The van der Waals surface area contributed by atoms with Crippen LogP contribution in [0.2, 0.25) is 0 Å². The summed E-state index contributed by atoms with van der Waals surface area (Å²) in [5.41, 5.74) is 0. The van der Waals surface area contributed by atoms with Gasteiger partial charge in [0.05, 0.1) is 0 Å². The predicted molar refractivity (Wildman–Crippen MR) is 20.1 cm³/mol. The van der Waals surface area contributed by atoms with Crippen molar-refractivity contribution >= 4 is 11.6 Å². The zero-order chi connectivity index (χ0) is 6.12. The Bertz CT molecular complexity index is 123. The first-order valence-corrected chi connectivity index (χ1v) is 1.70. The SMILES string of the molecule is N#CC#N.O=S=O. The maximum absolute atomic E-state index is 8.29. The third-order valence-electron chi connectivity index (χ3n) is 0.0500. The monoisotopic (exact) mass is 116 g/mol. The van der Waals surface area contributed by atoms with Crippen molar-refractivity contribution in [1.29, 1.82) is 10.5 Å². The van der Waals surface area contributed by atoms with E-state index in [1.807, 2.05) is 0 Å². The summed E-state index contributed by atoms with van der Waals surface area (Å²) >= 11 is -0.750. The minimum Gasteiger partial charge on any atom is -0.181 e. The second-order valence-corrected chi connectivity index (χ2v) is 0.428. The second kappa shape index (κ2) is 21.4. The third-order valence-corrected chi connectivity index (χ3v) is 0.0500. The fourth-order valence-electron chi connectivity index (χ4n) is 0. The van der Waals surface area contributed by atoms with Gasteiger partial charge in [0.25, 0.3) is 0 Å². The third kappa shape index (κ3) is 941. The lowest BCUT2D eigenvalue weighted by Gasteiger charge is -1.16. The van der Waals surface area contributed by atoms with Gasteiger partial charge in [-0.2, -0.15) is 18.9 Å². The Balaban J connectivity index is 0. The summed E-state index contributed by atoms with van der Waals surface area (Å²) in [6.07, 6.45) is 0. The van der Waals surface area contributed by atoms with Crippen LogP contribution in [0, 0.1) is 22.7 Å². The maximum Gasteiger partial charge on any atom is 0.335 e. The van der Waals surface area contributed by atoms with E-state index in [0.29, 0.717) is 0 Å². The molecule has 0 rings (SSSR count). The Labute approximate surface area is 43.6 Å². The van der Waals surface area contributed by atoms with Crippen molar-refractivity contribution in [2.75, 3.05) is 0 Å². The summed E-state index contributed by atoms with van der Waals surface area (Å²) in [5.74, 6) is 0. The Kier molecular flexibility index (Phi) is 28.3. The van der Waals surface area contributed by atoms with Crippen LogP contribution in [0.1, 0.15) is 0 Å². The van der Waals surface area contributed by atoms with Crippen LogP contribution >= 0.6 is 0 Å². The van der Waals surface area contributed by atoms with Crippen LogP contribution in [0.3, 0.4) is 0 Å². The van der Waals surface area contributed by atoms with Crippen LogP contribution in [0.4, 0.5) is 0 Å². The summed E-state index contributed by atoms with van der Waals surface area (Å²) < 4.78 is 16.6. The van der Waals surface area contributed by atoms with Crippen molar-refractivity contribution in [3.8, 4) is 12.1 Å². The molecule has 0 saturated carbocycles. The Morgan fingerprint density at radius 1 is 1.14 bits per heavy atom. The molecule has 0 atom stereocenters. The number of nitriles is 2. The van der Waals surface area contributed by atoms with Crippen LogP contribution in [0.25, 0.3) is 0 Å². The lowest BCUT2D eigenvalue weighted by atomic mass is 10.9. The second-order valence-electron chi connectivity index (χ2n) is 0.292. The molecule has 0 fully saturated rings. The van der Waals surface area contributed by atoms with Gasteiger partial charge in [-0.3, -0.25) is 0 Å². The molecule has 0 radical (unpaired) electrons. The summed E-state index contributed by atoms with van der Waals surface area (Å²) in [7, 11) is 0. The molecule has 0 N–H and O–H groups in total. The van der Waals surface area contributed by atoms with Crippen molar-refractivity contribution in [1.82, 2.24) is 0 Å². The normalized spacial score (nSPS) is 3.14. The van der Waals surface area contributed by atoms with Crippen molar-refractivity contribution in [2.24, 2.45) is 0 Å². The highest BCUT2D eigenvalue weighted by Gasteiger charge is 1.39. The molecule has 0 aliphatic carbocycles. The average molecular weight is 116 g/mol. The Morgan fingerprint density at radius 2 is 1.29 bits per heavy atom.